The van der Waals surface area contributed by atoms with E-state index in [9.17, 15) is 9.59 Å². The number of halogens is 2. The molecule has 2 heterocycles. The first-order valence-corrected chi connectivity index (χ1v) is 11.0. The molecule has 0 aliphatic carbocycles. The first-order valence-electron chi connectivity index (χ1n) is 8.36. The van der Waals surface area contributed by atoms with Crippen LogP contribution in [0.25, 0.3) is 10.2 Å². The van der Waals surface area contributed by atoms with Gasteiger partial charge in [-0.15, -0.1) is 17.9 Å². The van der Waals surface area contributed by atoms with E-state index in [1.165, 1.54) is 27.7 Å². The number of benzene rings is 1. The predicted molar refractivity (Wildman–Crippen MR) is 118 cm³/mol. The normalized spacial score (nSPS) is 12.1. The van der Waals surface area contributed by atoms with Gasteiger partial charge in [0, 0.05) is 6.54 Å². The van der Waals surface area contributed by atoms with E-state index < -0.39 is 0 Å². The molecule has 0 aliphatic heterocycles. The number of hydrogen-bond donors (Lipinski definition) is 1. The van der Waals surface area contributed by atoms with Gasteiger partial charge in [0.15, 0.2) is 5.16 Å². The largest absolute Gasteiger partial charge is 0.349 e. The maximum atomic E-state index is 12.6. The smallest absolute Gasteiger partial charge is 0.263 e. The van der Waals surface area contributed by atoms with E-state index in [0.717, 1.165) is 5.56 Å². The van der Waals surface area contributed by atoms with Crippen molar-refractivity contribution in [3.8, 4) is 0 Å². The molecule has 28 heavy (non-hydrogen) atoms. The predicted octanol–water partition coefficient (Wildman–Crippen LogP) is 4.92. The number of nitrogens with zero attached hydrogens (tertiary/aromatic N) is 2. The van der Waals surface area contributed by atoms with Crippen LogP contribution in [0.15, 0.2) is 52.3 Å². The van der Waals surface area contributed by atoms with Crippen molar-refractivity contribution in [2.45, 2.75) is 24.7 Å². The Labute approximate surface area is 180 Å². The number of carbonyl (C=O) groups excluding carboxylic acids is 1. The van der Waals surface area contributed by atoms with Crippen LogP contribution in [-0.4, -0.2) is 21.2 Å². The van der Waals surface area contributed by atoms with Crippen LogP contribution in [0.5, 0.6) is 0 Å². The SMILES string of the molecule is C=CCn1c(SCC(=O)NC(C)c2ccc(Cl)c(Cl)c2)nc2sccc2c1=O. The Bertz CT molecular complexity index is 1090. The minimum absolute atomic E-state index is 0.127. The van der Waals surface area contributed by atoms with Crippen molar-refractivity contribution in [2.24, 2.45) is 0 Å². The standard InChI is InChI=1S/C19H17Cl2N3O2S2/c1-3-7-24-18(26)13-6-8-27-17(13)23-19(24)28-10-16(25)22-11(2)12-4-5-14(20)15(21)9-12/h3-6,8-9,11H,1,7,10H2,2H3,(H,22,25). The summed E-state index contributed by atoms with van der Waals surface area (Å²) in [5.74, 6) is -0.0409. The number of amides is 1. The van der Waals surface area contributed by atoms with Crippen molar-refractivity contribution in [1.29, 1.82) is 0 Å². The van der Waals surface area contributed by atoms with E-state index >= 15 is 0 Å². The molecule has 0 saturated carbocycles. The van der Waals surface area contributed by atoms with Gasteiger partial charge in [0.1, 0.15) is 4.83 Å². The zero-order valence-corrected chi connectivity index (χ0v) is 18.1. The monoisotopic (exact) mass is 453 g/mol. The van der Waals surface area contributed by atoms with Gasteiger partial charge in [-0.25, -0.2) is 4.98 Å². The lowest BCUT2D eigenvalue weighted by Crippen LogP contribution is -2.29. The molecule has 2 aromatic heterocycles. The number of thiophene rings is 1. The Morgan fingerprint density at radius 3 is 2.89 bits per heavy atom. The highest BCUT2D eigenvalue weighted by Gasteiger charge is 2.15. The van der Waals surface area contributed by atoms with Gasteiger partial charge in [-0.3, -0.25) is 14.2 Å². The summed E-state index contributed by atoms with van der Waals surface area (Å²) < 4.78 is 1.53. The van der Waals surface area contributed by atoms with Crippen molar-refractivity contribution in [2.75, 3.05) is 5.75 Å². The van der Waals surface area contributed by atoms with Crippen molar-refractivity contribution in [3.05, 3.63) is 68.3 Å². The number of hydrogen-bond acceptors (Lipinski definition) is 5. The first-order chi connectivity index (χ1) is 13.4. The van der Waals surface area contributed by atoms with Crippen LogP contribution >= 0.6 is 46.3 Å². The minimum atomic E-state index is -0.231. The van der Waals surface area contributed by atoms with Crippen LogP contribution in [0.2, 0.25) is 10.0 Å². The Morgan fingerprint density at radius 2 is 2.18 bits per heavy atom. The van der Waals surface area contributed by atoms with E-state index in [1.54, 1.807) is 24.3 Å². The molecule has 0 radical (unpaired) electrons. The second-order valence-electron chi connectivity index (χ2n) is 5.99. The molecule has 0 aliphatic rings. The first kappa shape index (κ1) is 20.9. The number of thioether (sulfide) groups is 1. The van der Waals surface area contributed by atoms with Gasteiger partial charge in [0.2, 0.25) is 5.91 Å². The Balaban J connectivity index is 1.71. The molecule has 0 spiro atoms. The quantitative estimate of drug-likeness (QED) is 0.313. The lowest BCUT2D eigenvalue weighted by Gasteiger charge is -2.15. The summed E-state index contributed by atoms with van der Waals surface area (Å²) in [6.45, 7) is 5.90. The molecule has 1 aromatic carbocycles. The second-order valence-corrected chi connectivity index (χ2v) is 8.64. The molecule has 5 nitrogen and oxygen atoms in total. The van der Waals surface area contributed by atoms with Gasteiger partial charge >= 0.3 is 0 Å². The molecule has 1 N–H and O–H groups in total. The van der Waals surface area contributed by atoms with Crippen LogP contribution in [0, 0.1) is 0 Å². The molecule has 0 bridgehead atoms. The number of rotatable bonds is 7. The Hall–Kier alpha value is -1.80. The van der Waals surface area contributed by atoms with E-state index in [-0.39, 0.29) is 23.3 Å². The summed E-state index contributed by atoms with van der Waals surface area (Å²) in [6.07, 6.45) is 1.64. The zero-order valence-electron chi connectivity index (χ0n) is 14.9. The van der Waals surface area contributed by atoms with Crippen LogP contribution in [0.1, 0.15) is 18.5 Å². The lowest BCUT2D eigenvalue weighted by molar-refractivity contribution is -0.119. The third-order valence-electron chi connectivity index (χ3n) is 4.01. The van der Waals surface area contributed by atoms with E-state index in [1.807, 2.05) is 18.4 Å². The third-order valence-corrected chi connectivity index (χ3v) is 6.54. The summed E-state index contributed by atoms with van der Waals surface area (Å²) in [6, 6.07) is 6.78. The van der Waals surface area contributed by atoms with Crippen LogP contribution in [-0.2, 0) is 11.3 Å². The van der Waals surface area contributed by atoms with Crippen LogP contribution < -0.4 is 10.9 Å². The average Bonchev–Trinajstić information content (AvgIpc) is 3.13. The Kier molecular flexibility index (Phi) is 6.82. The fraction of sp³-hybridized carbons (Fsp3) is 0.211. The highest BCUT2D eigenvalue weighted by atomic mass is 35.5. The lowest BCUT2D eigenvalue weighted by atomic mass is 10.1. The van der Waals surface area contributed by atoms with Crippen molar-refractivity contribution in [3.63, 3.8) is 0 Å². The Morgan fingerprint density at radius 1 is 1.39 bits per heavy atom. The summed E-state index contributed by atoms with van der Waals surface area (Å²) in [4.78, 5) is 30.2. The van der Waals surface area contributed by atoms with Gasteiger partial charge in [-0.05, 0) is 36.1 Å². The number of carbonyl (C=O) groups is 1. The maximum Gasteiger partial charge on any atom is 0.263 e. The van der Waals surface area contributed by atoms with Crippen LogP contribution in [0.3, 0.4) is 0 Å². The van der Waals surface area contributed by atoms with Crippen LogP contribution in [0.4, 0.5) is 0 Å². The van der Waals surface area contributed by atoms with Gasteiger partial charge in [-0.2, -0.15) is 0 Å². The third kappa shape index (κ3) is 4.60. The number of aromatic nitrogens is 2. The number of allylic oxidation sites excluding steroid dienone is 1. The molecule has 0 saturated heterocycles. The summed E-state index contributed by atoms with van der Waals surface area (Å²) in [5.41, 5.74) is 0.729. The van der Waals surface area contributed by atoms with Gasteiger partial charge < -0.3 is 5.32 Å². The van der Waals surface area contributed by atoms with E-state index in [0.29, 0.717) is 32.0 Å². The second kappa shape index (κ2) is 9.13. The summed E-state index contributed by atoms with van der Waals surface area (Å²) >= 11 is 14.6. The molecule has 1 atom stereocenters. The maximum absolute atomic E-state index is 12.6. The molecule has 146 valence electrons. The van der Waals surface area contributed by atoms with Crippen molar-refractivity contribution < 1.29 is 4.79 Å². The zero-order chi connectivity index (χ0) is 20.3. The molecule has 9 heteroatoms. The molecule has 3 rings (SSSR count). The highest BCUT2D eigenvalue weighted by Crippen LogP contribution is 2.26. The van der Waals surface area contributed by atoms with Crippen molar-refractivity contribution in [1.82, 2.24) is 14.9 Å². The molecular formula is C19H17Cl2N3O2S2. The molecule has 1 unspecified atom stereocenters. The fourth-order valence-corrected chi connectivity index (χ4v) is 4.54. The molecule has 0 fully saturated rings. The number of fused-ring (bicyclic) bond motifs is 1. The molecule has 3 aromatic rings. The van der Waals surface area contributed by atoms with Gasteiger partial charge in [0.25, 0.3) is 5.56 Å². The van der Waals surface area contributed by atoms with Gasteiger partial charge in [-0.1, -0.05) is 47.1 Å². The van der Waals surface area contributed by atoms with Crippen molar-refractivity contribution >= 4 is 62.4 Å². The molecular weight excluding hydrogens is 437 g/mol. The molecule has 1 amide bonds. The van der Waals surface area contributed by atoms with Gasteiger partial charge in [0.05, 0.1) is 27.2 Å². The number of nitrogens with one attached hydrogen (secondary N) is 1. The highest BCUT2D eigenvalue weighted by molar-refractivity contribution is 7.99. The summed E-state index contributed by atoms with van der Waals surface area (Å²) in [7, 11) is 0. The average molecular weight is 454 g/mol. The van der Waals surface area contributed by atoms with E-state index in [4.69, 9.17) is 23.2 Å². The summed E-state index contributed by atoms with van der Waals surface area (Å²) in [5, 5.41) is 6.73. The van der Waals surface area contributed by atoms with E-state index in [2.05, 4.69) is 16.9 Å². The topological polar surface area (TPSA) is 64.0 Å². The fourth-order valence-electron chi connectivity index (χ4n) is 2.61. The minimum Gasteiger partial charge on any atom is -0.349 e.